The van der Waals surface area contributed by atoms with Crippen LogP contribution in [0.25, 0.3) is 0 Å². The van der Waals surface area contributed by atoms with Crippen molar-refractivity contribution >= 4 is 11.9 Å². The zero-order valence-electron chi connectivity index (χ0n) is 14.0. The van der Waals surface area contributed by atoms with Gasteiger partial charge < -0.3 is 10.1 Å². The molecule has 0 aliphatic carbocycles. The highest BCUT2D eigenvalue weighted by atomic mass is 16.5. The zero-order chi connectivity index (χ0) is 18.2. The van der Waals surface area contributed by atoms with E-state index in [2.05, 4.69) is 10.3 Å². The largest absolute Gasteiger partial charge is 0.459 e. The molecule has 1 aromatic heterocycles. The average molecular weight is 346 g/mol. The summed E-state index contributed by atoms with van der Waals surface area (Å²) in [5.74, 6) is -0.958. The first kappa shape index (κ1) is 17.4. The van der Waals surface area contributed by atoms with Gasteiger partial charge in [0, 0.05) is 6.20 Å². The molecule has 2 aromatic carbocycles. The fourth-order valence-corrected chi connectivity index (χ4v) is 2.44. The van der Waals surface area contributed by atoms with Gasteiger partial charge in [0.2, 0.25) is 0 Å². The molecule has 1 N–H and O–H groups in total. The van der Waals surface area contributed by atoms with E-state index in [-0.39, 0.29) is 12.3 Å². The van der Waals surface area contributed by atoms with Gasteiger partial charge in [-0.25, -0.2) is 4.79 Å². The summed E-state index contributed by atoms with van der Waals surface area (Å²) in [6.07, 6.45) is 1.53. The van der Waals surface area contributed by atoms with Crippen LogP contribution in [0.3, 0.4) is 0 Å². The van der Waals surface area contributed by atoms with Gasteiger partial charge in [-0.1, -0.05) is 66.7 Å². The van der Waals surface area contributed by atoms with Gasteiger partial charge in [0.1, 0.15) is 12.3 Å². The van der Waals surface area contributed by atoms with Crippen LogP contribution in [0.4, 0.5) is 0 Å². The minimum atomic E-state index is -0.908. The molecule has 0 saturated carbocycles. The number of carbonyl (C=O) groups is 2. The van der Waals surface area contributed by atoms with Crippen molar-refractivity contribution < 1.29 is 14.3 Å². The summed E-state index contributed by atoms with van der Waals surface area (Å²) >= 11 is 0. The first-order valence-electron chi connectivity index (χ1n) is 8.21. The van der Waals surface area contributed by atoms with Gasteiger partial charge in [0.15, 0.2) is 6.04 Å². The summed E-state index contributed by atoms with van der Waals surface area (Å²) in [5, 5.41) is 2.71. The second kappa shape index (κ2) is 8.58. The zero-order valence-corrected chi connectivity index (χ0v) is 14.0. The fraction of sp³-hybridized carbons (Fsp3) is 0.0952. The number of amides is 1. The molecule has 0 spiro atoms. The topological polar surface area (TPSA) is 68.3 Å². The molecule has 0 aliphatic heterocycles. The maximum Gasteiger partial charge on any atom is 0.333 e. The van der Waals surface area contributed by atoms with Crippen molar-refractivity contribution in [1.82, 2.24) is 10.3 Å². The Kier molecular flexibility index (Phi) is 5.72. The van der Waals surface area contributed by atoms with Gasteiger partial charge in [0.05, 0.1) is 0 Å². The first-order chi connectivity index (χ1) is 12.7. The molecule has 0 bridgehead atoms. The number of esters is 1. The molecule has 26 heavy (non-hydrogen) atoms. The van der Waals surface area contributed by atoms with E-state index in [1.807, 2.05) is 36.4 Å². The van der Waals surface area contributed by atoms with Gasteiger partial charge in [-0.15, -0.1) is 0 Å². The average Bonchev–Trinajstić information content (AvgIpc) is 2.72. The van der Waals surface area contributed by atoms with Crippen LogP contribution in [0.1, 0.15) is 27.7 Å². The van der Waals surface area contributed by atoms with Crippen molar-refractivity contribution in [3.8, 4) is 0 Å². The molecule has 0 fully saturated rings. The Morgan fingerprint density at radius 2 is 1.54 bits per heavy atom. The number of nitrogens with one attached hydrogen (secondary N) is 1. The third-order valence-corrected chi connectivity index (χ3v) is 3.77. The highest BCUT2D eigenvalue weighted by molar-refractivity contribution is 5.95. The minimum absolute atomic E-state index is 0.141. The smallest absolute Gasteiger partial charge is 0.333 e. The molecular weight excluding hydrogens is 328 g/mol. The van der Waals surface area contributed by atoms with E-state index in [0.29, 0.717) is 5.56 Å². The van der Waals surface area contributed by atoms with Crippen molar-refractivity contribution in [2.45, 2.75) is 12.6 Å². The molecular formula is C21H18N2O3. The monoisotopic (exact) mass is 346 g/mol. The van der Waals surface area contributed by atoms with Gasteiger partial charge in [0.25, 0.3) is 5.91 Å². The van der Waals surface area contributed by atoms with Crippen molar-refractivity contribution in [3.05, 3.63) is 102 Å². The molecule has 1 atom stereocenters. The molecule has 0 radical (unpaired) electrons. The maximum absolute atomic E-state index is 12.6. The van der Waals surface area contributed by atoms with E-state index in [0.717, 1.165) is 5.56 Å². The van der Waals surface area contributed by atoms with Gasteiger partial charge in [-0.2, -0.15) is 0 Å². The Hall–Kier alpha value is -3.47. The van der Waals surface area contributed by atoms with E-state index >= 15 is 0 Å². The predicted octanol–water partition coefficient (Wildman–Crippen LogP) is 3.30. The lowest BCUT2D eigenvalue weighted by Crippen LogP contribution is -2.35. The molecule has 3 aromatic rings. The normalized spacial score (nSPS) is 11.4. The maximum atomic E-state index is 12.6. The summed E-state index contributed by atoms with van der Waals surface area (Å²) < 4.78 is 5.41. The summed E-state index contributed by atoms with van der Waals surface area (Å²) in [6.45, 7) is 0.141. The number of aromatic nitrogens is 1. The number of benzene rings is 2. The quantitative estimate of drug-likeness (QED) is 0.696. The fourth-order valence-electron chi connectivity index (χ4n) is 2.44. The lowest BCUT2D eigenvalue weighted by atomic mass is 10.1. The molecule has 0 saturated heterocycles. The third kappa shape index (κ3) is 4.54. The van der Waals surface area contributed by atoms with Crippen LogP contribution < -0.4 is 5.32 Å². The van der Waals surface area contributed by atoms with Crippen LogP contribution in [0.2, 0.25) is 0 Å². The number of rotatable bonds is 6. The van der Waals surface area contributed by atoms with Crippen molar-refractivity contribution in [2.24, 2.45) is 0 Å². The molecule has 1 amide bonds. The van der Waals surface area contributed by atoms with Crippen LogP contribution in [0.15, 0.2) is 85.1 Å². The number of hydrogen-bond donors (Lipinski definition) is 1. The van der Waals surface area contributed by atoms with Crippen molar-refractivity contribution in [3.63, 3.8) is 0 Å². The Labute approximate surface area is 151 Å². The Bertz CT molecular complexity index is 852. The van der Waals surface area contributed by atoms with Gasteiger partial charge in [-0.05, 0) is 23.3 Å². The standard InChI is InChI=1S/C21H18N2O3/c24-20(18-13-7-8-14-22-18)23-19(17-11-5-2-6-12-17)21(25)26-15-16-9-3-1-4-10-16/h1-14,19H,15H2,(H,23,24). The van der Waals surface area contributed by atoms with Crippen molar-refractivity contribution in [1.29, 1.82) is 0 Å². The molecule has 1 heterocycles. The Morgan fingerprint density at radius 3 is 2.19 bits per heavy atom. The van der Waals surface area contributed by atoms with Crippen LogP contribution in [-0.2, 0) is 16.1 Å². The second-order valence-electron chi connectivity index (χ2n) is 5.63. The molecule has 0 aliphatic rings. The SMILES string of the molecule is O=C(NC(C(=O)OCc1ccccc1)c1ccccc1)c1ccccn1. The Balaban J connectivity index is 1.75. The number of ether oxygens (including phenoxy) is 1. The summed E-state index contributed by atoms with van der Waals surface area (Å²) in [4.78, 5) is 29.1. The minimum Gasteiger partial charge on any atom is -0.459 e. The number of carbonyl (C=O) groups excluding carboxylic acids is 2. The predicted molar refractivity (Wildman–Crippen MR) is 97.1 cm³/mol. The summed E-state index contributed by atoms with van der Waals surface area (Å²) in [7, 11) is 0. The highest BCUT2D eigenvalue weighted by Gasteiger charge is 2.25. The number of hydrogen-bond acceptors (Lipinski definition) is 4. The molecule has 5 heteroatoms. The van der Waals surface area contributed by atoms with E-state index in [4.69, 9.17) is 4.74 Å². The van der Waals surface area contributed by atoms with Gasteiger partial charge in [-0.3, -0.25) is 9.78 Å². The van der Waals surface area contributed by atoms with E-state index in [1.165, 1.54) is 6.20 Å². The van der Waals surface area contributed by atoms with E-state index in [1.54, 1.807) is 42.5 Å². The number of nitrogens with zero attached hydrogens (tertiary/aromatic N) is 1. The Morgan fingerprint density at radius 1 is 0.885 bits per heavy atom. The summed E-state index contributed by atoms with van der Waals surface area (Å²) in [5.41, 5.74) is 1.77. The van der Waals surface area contributed by atoms with E-state index in [9.17, 15) is 9.59 Å². The highest BCUT2D eigenvalue weighted by Crippen LogP contribution is 2.16. The van der Waals surface area contributed by atoms with E-state index < -0.39 is 17.9 Å². The summed E-state index contributed by atoms with van der Waals surface area (Å²) in [6, 6.07) is 22.5. The van der Waals surface area contributed by atoms with Crippen LogP contribution in [0.5, 0.6) is 0 Å². The second-order valence-corrected chi connectivity index (χ2v) is 5.63. The molecule has 1 unspecified atom stereocenters. The molecule has 130 valence electrons. The van der Waals surface area contributed by atoms with Crippen molar-refractivity contribution in [2.75, 3.05) is 0 Å². The molecule has 5 nitrogen and oxygen atoms in total. The third-order valence-electron chi connectivity index (χ3n) is 3.77. The lowest BCUT2D eigenvalue weighted by molar-refractivity contribution is -0.147. The number of pyridine rings is 1. The van der Waals surface area contributed by atoms with Gasteiger partial charge >= 0.3 is 5.97 Å². The van der Waals surface area contributed by atoms with Crippen LogP contribution in [0, 0.1) is 0 Å². The molecule has 3 rings (SSSR count). The van der Waals surface area contributed by atoms with Crippen LogP contribution in [-0.4, -0.2) is 16.9 Å². The lowest BCUT2D eigenvalue weighted by Gasteiger charge is -2.18. The first-order valence-corrected chi connectivity index (χ1v) is 8.21. The van der Waals surface area contributed by atoms with Crippen LogP contribution >= 0.6 is 0 Å².